The first-order valence-electron chi connectivity index (χ1n) is 10.6. The highest BCUT2D eigenvalue weighted by molar-refractivity contribution is 7.07. The van der Waals surface area contributed by atoms with E-state index in [9.17, 15) is 14.0 Å². The number of anilines is 1. The number of benzene rings is 3. The van der Waals surface area contributed by atoms with Gasteiger partial charge in [-0.25, -0.2) is 9.37 Å². The van der Waals surface area contributed by atoms with Crippen molar-refractivity contribution in [2.24, 2.45) is 0 Å². The zero-order chi connectivity index (χ0) is 23.9. The first kappa shape index (κ1) is 23.1. The normalized spacial score (nSPS) is 11.5. The molecule has 2 amide bonds. The summed E-state index contributed by atoms with van der Waals surface area (Å²) in [5, 5.41) is 7.66. The first-order chi connectivity index (χ1) is 16.5. The topological polar surface area (TPSA) is 80.3 Å². The molecule has 1 atom stereocenters. The molecule has 172 valence electrons. The van der Waals surface area contributed by atoms with Gasteiger partial charge in [0, 0.05) is 22.2 Å². The Morgan fingerprint density at radius 2 is 1.76 bits per heavy atom. The van der Waals surface area contributed by atoms with Crippen LogP contribution in [0.25, 0.3) is 0 Å². The molecule has 0 bridgehead atoms. The molecule has 1 heterocycles. The summed E-state index contributed by atoms with van der Waals surface area (Å²) in [6.45, 7) is 2.22. The first-order valence-corrected chi connectivity index (χ1v) is 11.5. The van der Waals surface area contributed by atoms with Crippen molar-refractivity contribution < 1.29 is 18.7 Å². The Hall–Kier alpha value is -4.04. The molecule has 0 fully saturated rings. The van der Waals surface area contributed by atoms with Crippen LogP contribution in [0.15, 0.2) is 83.7 Å². The third-order valence-corrected chi connectivity index (χ3v) is 5.72. The summed E-state index contributed by atoms with van der Waals surface area (Å²) in [6, 6.07) is 19.3. The Bertz CT molecular complexity index is 1260. The van der Waals surface area contributed by atoms with Gasteiger partial charge < -0.3 is 15.4 Å². The quantitative estimate of drug-likeness (QED) is 0.347. The molecule has 0 aliphatic carbocycles. The summed E-state index contributed by atoms with van der Waals surface area (Å²) >= 11 is 1.50. The molecule has 0 saturated heterocycles. The van der Waals surface area contributed by atoms with E-state index in [1.807, 2.05) is 24.4 Å². The van der Waals surface area contributed by atoms with Crippen molar-refractivity contribution in [2.75, 3.05) is 5.32 Å². The number of amides is 2. The smallest absolute Gasteiger partial charge is 0.255 e. The average molecular weight is 476 g/mol. The van der Waals surface area contributed by atoms with Gasteiger partial charge in [0.2, 0.25) is 0 Å². The SMILES string of the molecule is CC(NC(=O)c1cccc(OCc2cscn2)c1)c1ccc(NC(=O)c2ccc(F)cc2)cc1. The fraction of sp³-hybridized carbons (Fsp3) is 0.115. The number of carbonyl (C=O) groups is 2. The van der Waals surface area contributed by atoms with Gasteiger partial charge in [-0.2, -0.15) is 0 Å². The van der Waals surface area contributed by atoms with Crippen molar-refractivity contribution in [3.8, 4) is 5.75 Å². The molecule has 4 aromatic rings. The molecule has 34 heavy (non-hydrogen) atoms. The van der Waals surface area contributed by atoms with Gasteiger partial charge in [-0.3, -0.25) is 9.59 Å². The highest BCUT2D eigenvalue weighted by Crippen LogP contribution is 2.19. The summed E-state index contributed by atoms with van der Waals surface area (Å²) < 4.78 is 18.8. The van der Waals surface area contributed by atoms with Crippen LogP contribution in [0.1, 0.15) is 44.9 Å². The summed E-state index contributed by atoms with van der Waals surface area (Å²) in [7, 11) is 0. The molecular formula is C26H22FN3O3S. The van der Waals surface area contributed by atoms with E-state index in [0.29, 0.717) is 29.2 Å². The second-order valence-corrected chi connectivity index (χ2v) is 8.29. The van der Waals surface area contributed by atoms with Crippen molar-refractivity contribution in [1.29, 1.82) is 0 Å². The second-order valence-electron chi connectivity index (χ2n) is 7.57. The Kier molecular flexibility index (Phi) is 7.29. The molecule has 6 nitrogen and oxygen atoms in total. The number of rotatable bonds is 8. The number of halogens is 1. The number of hydrogen-bond donors (Lipinski definition) is 2. The highest BCUT2D eigenvalue weighted by Gasteiger charge is 2.13. The highest BCUT2D eigenvalue weighted by atomic mass is 32.1. The molecule has 0 spiro atoms. The summed E-state index contributed by atoms with van der Waals surface area (Å²) in [5.74, 6) is -0.354. The van der Waals surface area contributed by atoms with Gasteiger partial charge in [0.25, 0.3) is 11.8 Å². The van der Waals surface area contributed by atoms with Gasteiger partial charge in [-0.05, 0) is 67.1 Å². The van der Waals surface area contributed by atoms with E-state index >= 15 is 0 Å². The van der Waals surface area contributed by atoms with E-state index in [-0.39, 0.29) is 17.9 Å². The van der Waals surface area contributed by atoms with Crippen molar-refractivity contribution in [1.82, 2.24) is 10.3 Å². The largest absolute Gasteiger partial charge is 0.487 e. The van der Waals surface area contributed by atoms with E-state index in [0.717, 1.165) is 11.3 Å². The molecule has 1 unspecified atom stereocenters. The molecule has 0 aliphatic rings. The van der Waals surface area contributed by atoms with E-state index in [1.165, 1.54) is 35.6 Å². The monoisotopic (exact) mass is 475 g/mol. The minimum atomic E-state index is -0.396. The van der Waals surface area contributed by atoms with E-state index in [4.69, 9.17) is 4.74 Å². The van der Waals surface area contributed by atoms with E-state index < -0.39 is 5.82 Å². The van der Waals surface area contributed by atoms with E-state index in [2.05, 4.69) is 15.6 Å². The Morgan fingerprint density at radius 1 is 1.00 bits per heavy atom. The molecule has 3 aromatic carbocycles. The molecule has 8 heteroatoms. The fourth-order valence-electron chi connectivity index (χ4n) is 3.22. The Morgan fingerprint density at radius 3 is 2.47 bits per heavy atom. The second kappa shape index (κ2) is 10.7. The summed E-state index contributed by atoms with van der Waals surface area (Å²) in [5.41, 5.74) is 4.92. The van der Waals surface area contributed by atoms with Crippen molar-refractivity contribution in [3.63, 3.8) is 0 Å². The minimum Gasteiger partial charge on any atom is -0.487 e. The number of nitrogens with one attached hydrogen (secondary N) is 2. The third kappa shape index (κ3) is 6.05. The van der Waals surface area contributed by atoms with Crippen LogP contribution in [0.4, 0.5) is 10.1 Å². The van der Waals surface area contributed by atoms with Crippen molar-refractivity contribution in [2.45, 2.75) is 19.6 Å². The van der Waals surface area contributed by atoms with Crippen LogP contribution >= 0.6 is 11.3 Å². The number of hydrogen-bond acceptors (Lipinski definition) is 5. The van der Waals surface area contributed by atoms with Crippen LogP contribution in [0.5, 0.6) is 5.75 Å². The maximum atomic E-state index is 13.0. The van der Waals surface area contributed by atoms with E-state index in [1.54, 1.807) is 41.9 Å². The molecule has 2 N–H and O–H groups in total. The van der Waals surface area contributed by atoms with Crippen molar-refractivity contribution >= 4 is 28.8 Å². The molecular weight excluding hydrogens is 453 g/mol. The number of aromatic nitrogens is 1. The number of carbonyl (C=O) groups excluding carboxylic acids is 2. The fourth-order valence-corrected chi connectivity index (χ4v) is 3.76. The predicted molar refractivity (Wildman–Crippen MR) is 130 cm³/mol. The third-order valence-electron chi connectivity index (χ3n) is 5.09. The lowest BCUT2D eigenvalue weighted by molar-refractivity contribution is 0.0938. The maximum absolute atomic E-state index is 13.0. The maximum Gasteiger partial charge on any atom is 0.255 e. The Labute approximate surface area is 200 Å². The van der Waals surface area contributed by atoms with Crippen molar-refractivity contribution in [3.05, 3.63) is 112 Å². The van der Waals surface area contributed by atoms with Gasteiger partial charge in [0.1, 0.15) is 18.2 Å². The summed E-state index contributed by atoms with van der Waals surface area (Å²) in [4.78, 5) is 29.2. The molecule has 0 saturated carbocycles. The lowest BCUT2D eigenvalue weighted by Crippen LogP contribution is -2.26. The summed E-state index contributed by atoms with van der Waals surface area (Å²) in [6.07, 6.45) is 0. The number of thiazole rings is 1. The molecule has 4 rings (SSSR count). The van der Waals surface area contributed by atoms with Crippen LogP contribution in [0.3, 0.4) is 0 Å². The van der Waals surface area contributed by atoms with Crippen LogP contribution in [0.2, 0.25) is 0 Å². The van der Waals surface area contributed by atoms with Gasteiger partial charge in [-0.1, -0.05) is 18.2 Å². The lowest BCUT2D eigenvalue weighted by Gasteiger charge is -2.16. The standard InChI is InChI=1S/C26H22FN3O3S/c1-17(18-7-11-22(12-8-18)30-25(31)19-5-9-21(27)10-6-19)29-26(32)20-3-2-4-24(13-20)33-14-23-15-34-16-28-23/h2-13,15-17H,14H2,1H3,(H,29,32)(H,30,31). The number of ether oxygens (including phenoxy) is 1. The average Bonchev–Trinajstić information content (AvgIpc) is 3.37. The minimum absolute atomic E-state index is 0.222. The van der Waals surface area contributed by atoms with Gasteiger partial charge >= 0.3 is 0 Å². The van der Waals surface area contributed by atoms with Gasteiger partial charge in [0.05, 0.1) is 17.2 Å². The number of nitrogens with zero attached hydrogens (tertiary/aromatic N) is 1. The van der Waals surface area contributed by atoms with Crippen LogP contribution in [0, 0.1) is 5.82 Å². The van der Waals surface area contributed by atoms with Crippen LogP contribution < -0.4 is 15.4 Å². The van der Waals surface area contributed by atoms with Gasteiger partial charge in [0.15, 0.2) is 0 Å². The van der Waals surface area contributed by atoms with Gasteiger partial charge in [-0.15, -0.1) is 11.3 Å². The van der Waals surface area contributed by atoms with Crippen LogP contribution in [-0.2, 0) is 6.61 Å². The van der Waals surface area contributed by atoms with Crippen LogP contribution in [-0.4, -0.2) is 16.8 Å². The molecule has 0 radical (unpaired) electrons. The molecule has 0 aliphatic heterocycles. The zero-order valence-electron chi connectivity index (χ0n) is 18.3. The lowest BCUT2D eigenvalue weighted by atomic mass is 10.1. The molecule has 1 aromatic heterocycles. The zero-order valence-corrected chi connectivity index (χ0v) is 19.1. The Balaban J connectivity index is 1.33. The predicted octanol–water partition coefficient (Wildman–Crippen LogP) is 5.60.